The molecular formula is C9H16O4S. The Morgan fingerprint density at radius 1 is 1.57 bits per heavy atom. The molecule has 0 aliphatic carbocycles. The number of ether oxygens (including phenoxy) is 1. The van der Waals surface area contributed by atoms with E-state index in [0.29, 0.717) is 5.75 Å². The van der Waals surface area contributed by atoms with Gasteiger partial charge in [0.25, 0.3) is 0 Å². The van der Waals surface area contributed by atoms with E-state index < -0.39 is 17.5 Å². The summed E-state index contributed by atoms with van der Waals surface area (Å²) in [6.07, 6.45) is 0. The molecule has 0 radical (unpaired) electrons. The molecule has 0 aliphatic rings. The number of carbonyl (C=O) groups excluding carboxylic acids is 2. The molecule has 0 saturated heterocycles. The lowest BCUT2D eigenvalue weighted by atomic mass is 9.92. The first kappa shape index (κ1) is 13.4. The van der Waals surface area contributed by atoms with Crippen molar-refractivity contribution < 1.29 is 19.4 Å². The topological polar surface area (TPSA) is 63.6 Å². The Kier molecular flexibility index (Phi) is 5.15. The first-order chi connectivity index (χ1) is 6.37. The fraction of sp³-hybridized carbons (Fsp3) is 0.778. The Labute approximate surface area is 88.0 Å². The van der Waals surface area contributed by atoms with Crippen molar-refractivity contribution in [2.24, 2.45) is 5.92 Å². The highest BCUT2D eigenvalue weighted by molar-refractivity contribution is 8.13. The van der Waals surface area contributed by atoms with Crippen LogP contribution in [0, 0.1) is 5.92 Å². The summed E-state index contributed by atoms with van der Waals surface area (Å²) in [7, 11) is 1.18. The van der Waals surface area contributed by atoms with Crippen LogP contribution in [0.4, 0.5) is 0 Å². The second-order valence-corrected chi connectivity index (χ2v) is 4.38. The van der Waals surface area contributed by atoms with Gasteiger partial charge in [-0.15, -0.1) is 0 Å². The van der Waals surface area contributed by atoms with Crippen LogP contribution in [0.2, 0.25) is 0 Å². The predicted octanol–water partition coefficient (Wildman–Crippen LogP) is 0.826. The third-order valence-electron chi connectivity index (χ3n) is 2.08. The van der Waals surface area contributed by atoms with E-state index in [1.807, 2.05) is 6.92 Å². The fourth-order valence-corrected chi connectivity index (χ4v) is 1.64. The van der Waals surface area contributed by atoms with Gasteiger partial charge in [0.1, 0.15) is 0 Å². The first-order valence-corrected chi connectivity index (χ1v) is 5.33. The summed E-state index contributed by atoms with van der Waals surface area (Å²) in [6, 6.07) is 0. The minimum atomic E-state index is -1.74. The van der Waals surface area contributed by atoms with E-state index in [1.165, 1.54) is 21.0 Å². The van der Waals surface area contributed by atoms with Crippen molar-refractivity contribution in [3.63, 3.8) is 0 Å². The maximum Gasteiger partial charge on any atom is 0.338 e. The van der Waals surface area contributed by atoms with Gasteiger partial charge >= 0.3 is 5.97 Å². The van der Waals surface area contributed by atoms with Crippen molar-refractivity contribution in [2.45, 2.75) is 26.4 Å². The van der Waals surface area contributed by atoms with E-state index in [-0.39, 0.29) is 5.12 Å². The predicted molar refractivity (Wildman–Crippen MR) is 54.9 cm³/mol. The highest BCUT2D eigenvalue weighted by Crippen LogP contribution is 2.23. The molecule has 1 N–H and O–H groups in total. The van der Waals surface area contributed by atoms with Gasteiger partial charge in [-0.3, -0.25) is 4.79 Å². The molecule has 0 unspecified atom stereocenters. The third-order valence-corrected chi connectivity index (χ3v) is 3.01. The minimum absolute atomic E-state index is 0.206. The van der Waals surface area contributed by atoms with Crippen molar-refractivity contribution >= 4 is 22.8 Å². The molecule has 0 aromatic rings. The van der Waals surface area contributed by atoms with Gasteiger partial charge in [0, 0.05) is 0 Å². The van der Waals surface area contributed by atoms with Gasteiger partial charge in [0.15, 0.2) is 10.7 Å². The van der Waals surface area contributed by atoms with E-state index in [2.05, 4.69) is 4.74 Å². The Balaban J connectivity index is 4.56. The Hall–Kier alpha value is -0.550. The zero-order valence-corrected chi connectivity index (χ0v) is 9.68. The van der Waals surface area contributed by atoms with Crippen LogP contribution in [0.3, 0.4) is 0 Å². The molecule has 0 saturated carbocycles. The van der Waals surface area contributed by atoms with Crippen LogP contribution < -0.4 is 0 Å². The number of rotatable bonds is 4. The van der Waals surface area contributed by atoms with Crippen LogP contribution in [-0.2, 0) is 14.3 Å². The van der Waals surface area contributed by atoms with Crippen molar-refractivity contribution in [1.82, 2.24) is 0 Å². The number of carbonyl (C=O) groups is 2. The van der Waals surface area contributed by atoms with Crippen molar-refractivity contribution in [3.05, 3.63) is 0 Å². The van der Waals surface area contributed by atoms with Gasteiger partial charge in [-0.2, -0.15) is 0 Å². The van der Waals surface area contributed by atoms with Crippen LogP contribution in [0.5, 0.6) is 0 Å². The van der Waals surface area contributed by atoms with E-state index in [9.17, 15) is 14.7 Å². The van der Waals surface area contributed by atoms with E-state index >= 15 is 0 Å². The van der Waals surface area contributed by atoms with Crippen molar-refractivity contribution in [3.8, 4) is 0 Å². The summed E-state index contributed by atoms with van der Waals surface area (Å²) in [4.78, 5) is 22.6. The van der Waals surface area contributed by atoms with Crippen LogP contribution in [0.1, 0.15) is 20.8 Å². The maximum absolute atomic E-state index is 11.4. The summed E-state index contributed by atoms with van der Waals surface area (Å²) >= 11 is 1.09. The van der Waals surface area contributed by atoms with Crippen LogP contribution >= 0.6 is 11.8 Å². The molecule has 2 atom stereocenters. The van der Waals surface area contributed by atoms with Crippen molar-refractivity contribution in [1.29, 1.82) is 0 Å². The van der Waals surface area contributed by atoms with Crippen LogP contribution in [-0.4, -0.2) is 34.7 Å². The minimum Gasteiger partial charge on any atom is -0.467 e. The van der Waals surface area contributed by atoms with Gasteiger partial charge in [-0.05, 0) is 12.7 Å². The van der Waals surface area contributed by atoms with Gasteiger partial charge in [-0.1, -0.05) is 25.6 Å². The number of hydrogen-bond donors (Lipinski definition) is 1. The summed E-state index contributed by atoms with van der Waals surface area (Å²) in [5.74, 6) is -0.921. The second kappa shape index (κ2) is 5.36. The largest absolute Gasteiger partial charge is 0.467 e. The number of hydrogen-bond acceptors (Lipinski definition) is 5. The van der Waals surface area contributed by atoms with E-state index in [0.717, 1.165) is 11.8 Å². The summed E-state index contributed by atoms with van der Waals surface area (Å²) < 4.78 is 4.41. The molecule has 0 rings (SSSR count). The number of aliphatic hydroxyl groups is 1. The molecule has 0 aliphatic heterocycles. The molecule has 14 heavy (non-hydrogen) atoms. The molecule has 82 valence electrons. The smallest absolute Gasteiger partial charge is 0.338 e. The van der Waals surface area contributed by atoms with Gasteiger partial charge in [0.2, 0.25) is 0 Å². The van der Waals surface area contributed by atoms with Gasteiger partial charge in [-0.25, -0.2) is 4.79 Å². The summed E-state index contributed by atoms with van der Waals surface area (Å²) in [5.41, 5.74) is -1.74. The fourth-order valence-electron chi connectivity index (χ4n) is 0.880. The molecule has 0 bridgehead atoms. The lowest BCUT2D eigenvalue weighted by Crippen LogP contribution is -2.45. The highest BCUT2D eigenvalue weighted by Gasteiger charge is 2.41. The molecule has 0 heterocycles. The van der Waals surface area contributed by atoms with Crippen LogP contribution in [0.15, 0.2) is 0 Å². The van der Waals surface area contributed by atoms with E-state index in [1.54, 1.807) is 0 Å². The molecule has 0 aromatic carbocycles. The molecule has 0 spiro atoms. The summed E-state index contributed by atoms with van der Waals surface area (Å²) in [6.45, 7) is 4.64. The molecular weight excluding hydrogens is 204 g/mol. The lowest BCUT2D eigenvalue weighted by molar-refractivity contribution is -0.166. The van der Waals surface area contributed by atoms with Crippen molar-refractivity contribution in [2.75, 3.05) is 12.9 Å². The molecule has 4 nitrogen and oxygen atoms in total. The SMILES string of the molecule is CCSC(=O)[C@H](C)[C@](C)(O)C(=O)OC. The zero-order chi connectivity index (χ0) is 11.4. The second-order valence-electron chi connectivity index (χ2n) is 3.11. The van der Waals surface area contributed by atoms with Crippen LogP contribution in [0.25, 0.3) is 0 Å². The van der Waals surface area contributed by atoms with E-state index in [4.69, 9.17) is 0 Å². The quantitative estimate of drug-likeness (QED) is 0.711. The number of thioether (sulfide) groups is 1. The Morgan fingerprint density at radius 2 is 2.07 bits per heavy atom. The first-order valence-electron chi connectivity index (χ1n) is 4.35. The molecule has 0 aromatic heterocycles. The number of esters is 1. The maximum atomic E-state index is 11.4. The standard InChI is InChI=1S/C9H16O4S/c1-5-14-7(10)6(2)9(3,12)8(11)13-4/h6,12H,5H2,1-4H3/t6-,9-/m0/s1. The molecule has 0 fully saturated rings. The average molecular weight is 220 g/mol. The molecule has 5 heteroatoms. The average Bonchev–Trinajstić information content (AvgIpc) is 2.15. The lowest BCUT2D eigenvalue weighted by Gasteiger charge is -2.25. The molecule has 0 amide bonds. The van der Waals surface area contributed by atoms with Gasteiger partial charge in [0.05, 0.1) is 13.0 Å². The Bertz CT molecular complexity index is 225. The Morgan fingerprint density at radius 3 is 2.43 bits per heavy atom. The number of methoxy groups -OCH3 is 1. The monoisotopic (exact) mass is 220 g/mol. The highest BCUT2D eigenvalue weighted by atomic mass is 32.2. The summed E-state index contributed by atoms with van der Waals surface area (Å²) in [5, 5.41) is 9.53. The third kappa shape index (κ3) is 2.99. The zero-order valence-electron chi connectivity index (χ0n) is 8.86. The van der Waals surface area contributed by atoms with Gasteiger partial charge < -0.3 is 9.84 Å². The normalized spacial score (nSPS) is 16.9.